The van der Waals surface area contributed by atoms with Crippen LogP contribution in [0.3, 0.4) is 0 Å². The lowest BCUT2D eigenvalue weighted by Gasteiger charge is -1.98. The van der Waals surface area contributed by atoms with E-state index in [4.69, 9.17) is 0 Å². The van der Waals surface area contributed by atoms with Crippen LogP contribution < -0.4 is 3.53 Å². The first-order valence-electron chi connectivity index (χ1n) is 3.41. The number of hydrogen-bond donors (Lipinski definition) is 1. The number of hydrogen-bond acceptors (Lipinski definition) is 1. The van der Waals surface area contributed by atoms with Crippen molar-refractivity contribution in [2.45, 2.75) is 6.42 Å². The van der Waals surface area contributed by atoms with Crippen molar-refractivity contribution in [2.24, 2.45) is 0 Å². The first kappa shape index (κ1) is 8.93. The number of nitrogens with one attached hydrogen (secondary N) is 1. The van der Waals surface area contributed by atoms with E-state index in [-0.39, 0.29) is 5.82 Å². The van der Waals surface area contributed by atoms with Gasteiger partial charge in [-0.1, -0.05) is 12.1 Å². The Labute approximate surface area is 79.5 Å². The molecule has 1 aromatic carbocycles. The van der Waals surface area contributed by atoms with Gasteiger partial charge in [-0.15, -0.1) is 0 Å². The first-order valence-corrected chi connectivity index (χ1v) is 4.49. The fraction of sp³-hybridized carbons (Fsp3) is 0.250. The van der Waals surface area contributed by atoms with Gasteiger partial charge in [0.1, 0.15) is 5.82 Å². The molecule has 1 N–H and O–H groups in total. The molecule has 0 aromatic heterocycles. The standard InChI is InChI=1S/C8H9FIN/c9-8-3-1-2-7(6-8)4-5-11-10/h1-3,6,11H,4-5H2. The second kappa shape index (κ2) is 4.66. The van der Waals surface area contributed by atoms with Gasteiger partial charge in [-0.05, 0) is 24.1 Å². The van der Waals surface area contributed by atoms with E-state index in [1.165, 1.54) is 6.07 Å². The lowest BCUT2D eigenvalue weighted by atomic mass is 10.1. The molecule has 0 aliphatic rings. The van der Waals surface area contributed by atoms with Crippen LogP contribution in [0.15, 0.2) is 24.3 Å². The molecular formula is C8H9FIN. The lowest BCUT2D eigenvalue weighted by molar-refractivity contribution is 0.625. The van der Waals surface area contributed by atoms with E-state index in [9.17, 15) is 4.39 Å². The highest BCUT2D eigenvalue weighted by Crippen LogP contribution is 2.03. The fourth-order valence-corrected chi connectivity index (χ4v) is 1.15. The minimum Gasteiger partial charge on any atom is -0.261 e. The summed E-state index contributed by atoms with van der Waals surface area (Å²) in [7, 11) is 0. The number of rotatable bonds is 3. The van der Waals surface area contributed by atoms with Gasteiger partial charge in [-0.3, -0.25) is 3.53 Å². The van der Waals surface area contributed by atoms with Crippen LogP contribution in [0, 0.1) is 5.82 Å². The van der Waals surface area contributed by atoms with E-state index in [2.05, 4.69) is 26.4 Å². The quantitative estimate of drug-likeness (QED) is 0.653. The van der Waals surface area contributed by atoms with Crippen LogP contribution >= 0.6 is 22.9 Å². The molecule has 0 saturated heterocycles. The van der Waals surface area contributed by atoms with Gasteiger partial charge in [0.2, 0.25) is 0 Å². The Bertz CT molecular complexity index is 227. The Morgan fingerprint density at radius 1 is 1.45 bits per heavy atom. The Morgan fingerprint density at radius 2 is 2.27 bits per heavy atom. The maximum absolute atomic E-state index is 12.6. The topological polar surface area (TPSA) is 12.0 Å². The summed E-state index contributed by atoms with van der Waals surface area (Å²) in [4.78, 5) is 0. The predicted molar refractivity (Wildman–Crippen MR) is 52.1 cm³/mol. The SMILES string of the molecule is Fc1cccc(CCNI)c1. The molecule has 11 heavy (non-hydrogen) atoms. The third-order valence-electron chi connectivity index (χ3n) is 1.40. The third kappa shape index (κ3) is 3.16. The van der Waals surface area contributed by atoms with Crippen molar-refractivity contribution in [1.29, 1.82) is 0 Å². The van der Waals surface area contributed by atoms with Crippen molar-refractivity contribution in [1.82, 2.24) is 3.53 Å². The van der Waals surface area contributed by atoms with Crippen molar-refractivity contribution in [3.63, 3.8) is 0 Å². The number of halogens is 2. The predicted octanol–water partition coefficient (Wildman–Crippen LogP) is 2.31. The summed E-state index contributed by atoms with van der Waals surface area (Å²) in [5.41, 5.74) is 1.04. The van der Waals surface area contributed by atoms with Gasteiger partial charge in [0.05, 0.1) is 0 Å². The van der Waals surface area contributed by atoms with Gasteiger partial charge in [-0.25, -0.2) is 4.39 Å². The largest absolute Gasteiger partial charge is 0.261 e. The molecule has 1 aromatic rings. The first-order chi connectivity index (χ1) is 5.33. The third-order valence-corrected chi connectivity index (χ3v) is 1.94. The molecule has 0 saturated carbocycles. The van der Waals surface area contributed by atoms with E-state index in [1.807, 2.05) is 6.07 Å². The van der Waals surface area contributed by atoms with Crippen LogP contribution in [0.5, 0.6) is 0 Å². The van der Waals surface area contributed by atoms with Crippen molar-refractivity contribution >= 4 is 22.9 Å². The molecule has 3 heteroatoms. The Morgan fingerprint density at radius 3 is 2.91 bits per heavy atom. The highest BCUT2D eigenvalue weighted by molar-refractivity contribution is 14.1. The molecule has 0 bridgehead atoms. The van der Waals surface area contributed by atoms with Crippen LogP contribution in [-0.2, 0) is 6.42 Å². The highest BCUT2D eigenvalue weighted by atomic mass is 127. The normalized spacial score (nSPS) is 10.0. The maximum atomic E-state index is 12.6. The second-order valence-corrected chi connectivity index (χ2v) is 3.03. The van der Waals surface area contributed by atoms with Crippen molar-refractivity contribution < 1.29 is 4.39 Å². The molecule has 60 valence electrons. The molecule has 0 amide bonds. The minimum atomic E-state index is -0.157. The summed E-state index contributed by atoms with van der Waals surface area (Å²) in [6.07, 6.45) is 0.876. The van der Waals surface area contributed by atoms with E-state index >= 15 is 0 Å². The molecule has 1 rings (SSSR count). The minimum absolute atomic E-state index is 0.157. The van der Waals surface area contributed by atoms with Crippen LogP contribution in [0.4, 0.5) is 4.39 Å². The summed E-state index contributed by atoms with van der Waals surface area (Å²) >= 11 is 2.08. The summed E-state index contributed by atoms with van der Waals surface area (Å²) in [6, 6.07) is 6.68. The Balaban J connectivity index is 2.56. The molecule has 0 fully saturated rings. The van der Waals surface area contributed by atoms with Gasteiger partial charge >= 0.3 is 0 Å². The summed E-state index contributed by atoms with van der Waals surface area (Å²) in [5, 5.41) is 0. The van der Waals surface area contributed by atoms with Crippen molar-refractivity contribution in [2.75, 3.05) is 6.54 Å². The smallest absolute Gasteiger partial charge is 0.123 e. The molecule has 0 atom stereocenters. The summed E-state index contributed by atoms with van der Waals surface area (Å²) in [5.74, 6) is -0.157. The summed E-state index contributed by atoms with van der Waals surface area (Å²) < 4.78 is 15.6. The van der Waals surface area contributed by atoms with E-state index in [0.29, 0.717) is 0 Å². The number of benzene rings is 1. The monoisotopic (exact) mass is 265 g/mol. The molecular weight excluding hydrogens is 256 g/mol. The van der Waals surface area contributed by atoms with Gasteiger partial charge in [0, 0.05) is 29.4 Å². The van der Waals surface area contributed by atoms with E-state index < -0.39 is 0 Å². The van der Waals surface area contributed by atoms with Crippen molar-refractivity contribution in [3.8, 4) is 0 Å². The zero-order valence-electron chi connectivity index (χ0n) is 5.98. The van der Waals surface area contributed by atoms with Gasteiger partial charge in [-0.2, -0.15) is 0 Å². The van der Waals surface area contributed by atoms with Gasteiger partial charge in [0.15, 0.2) is 0 Å². The molecule has 0 unspecified atom stereocenters. The molecule has 0 aliphatic heterocycles. The summed E-state index contributed by atoms with van der Waals surface area (Å²) in [6.45, 7) is 0.879. The lowest BCUT2D eigenvalue weighted by Crippen LogP contribution is -2.03. The molecule has 0 spiro atoms. The van der Waals surface area contributed by atoms with Gasteiger partial charge in [0.25, 0.3) is 0 Å². The van der Waals surface area contributed by atoms with Crippen molar-refractivity contribution in [3.05, 3.63) is 35.6 Å². The molecule has 0 heterocycles. The second-order valence-electron chi connectivity index (χ2n) is 2.26. The van der Waals surface area contributed by atoms with Crippen LogP contribution in [0.25, 0.3) is 0 Å². The van der Waals surface area contributed by atoms with Gasteiger partial charge < -0.3 is 0 Å². The molecule has 0 aliphatic carbocycles. The van der Waals surface area contributed by atoms with Crippen LogP contribution in [0.2, 0.25) is 0 Å². The zero-order valence-corrected chi connectivity index (χ0v) is 8.14. The maximum Gasteiger partial charge on any atom is 0.123 e. The average molecular weight is 265 g/mol. The Hall–Kier alpha value is -0.160. The van der Waals surface area contributed by atoms with Crippen LogP contribution in [0.1, 0.15) is 5.56 Å². The molecule has 1 nitrogen and oxygen atoms in total. The molecule has 0 radical (unpaired) electrons. The fourth-order valence-electron chi connectivity index (χ4n) is 0.884. The van der Waals surface area contributed by atoms with E-state index in [0.717, 1.165) is 18.5 Å². The average Bonchev–Trinajstić information content (AvgIpc) is 2.01. The highest BCUT2D eigenvalue weighted by Gasteiger charge is 1.93. The Kier molecular flexibility index (Phi) is 3.79. The zero-order chi connectivity index (χ0) is 8.10. The van der Waals surface area contributed by atoms with Crippen LogP contribution in [-0.4, -0.2) is 6.54 Å². The van der Waals surface area contributed by atoms with E-state index in [1.54, 1.807) is 12.1 Å².